The van der Waals surface area contributed by atoms with Crippen LogP contribution in [-0.2, 0) is 10.0 Å². The monoisotopic (exact) mass is 296 g/mol. The largest absolute Gasteiger partial charge is 0.427 e. The predicted octanol–water partition coefficient (Wildman–Crippen LogP) is 0.656. The maximum absolute atomic E-state index is 12.1. The van der Waals surface area contributed by atoms with Crippen LogP contribution in [0.4, 0.5) is 14.5 Å². The van der Waals surface area contributed by atoms with E-state index in [0.29, 0.717) is 12.1 Å². The van der Waals surface area contributed by atoms with E-state index in [2.05, 4.69) is 4.74 Å². The van der Waals surface area contributed by atoms with Crippen LogP contribution in [0.15, 0.2) is 17.0 Å². The lowest BCUT2D eigenvalue weighted by Gasteiger charge is -2.08. The van der Waals surface area contributed by atoms with Gasteiger partial charge >= 0.3 is 12.3 Å². The van der Waals surface area contributed by atoms with Gasteiger partial charge in [0.25, 0.3) is 0 Å². The fraction of sp³-hybridized carbons (Fsp3) is 0.125. The zero-order chi connectivity index (χ0) is 14.8. The third-order valence-corrected chi connectivity index (χ3v) is 2.82. The van der Waals surface area contributed by atoms with Gasteiger partial charge in [0.05, 0.1) is 15.4 Å². The van der Waals surface area contributed by atoms with Gasteiger partial charge in [-0.3, -0.25) is 14.9 Å². The third kappa shape index (κ3) is 3.42. The number of benzene rings is 1. The number of ether oxygens (including phenoxy) is 1. The summed E-state index contributed by atoms with van der Waals surface area (Å²) in [7, 11) is -4.34. The first kappa shape index (κ1) is 14.9. The van der Waals surface area contributed by atoms with Gasteiger partial charge in [-0.2, -0.15) is 8.78 Å². The van der Waals surface area contributed by atoms with Crippen LogP contribution in [-0.4, -0.2) is 26.2 Å². The highest BCUT2D eigenvalue weighted by molar-refractivity contribution is 7.89. The smallest absolute Gasteiger partial charge is 0.387 e. The number of halogens is 2. The topological polar surface area (TPSA) is 130 Å². The van der Waals surface area contributed by atoms with Crippen LogP contribution >= 0.6 is 0 Å². The van der Waals surface area contributed by atoms with Crippen molar-refractivity contribution in [2.75, 3.05) is 0 Å². The minimum Gasteiger partial charge on any atom is -0.427 e. The minimum atomic E-state index is -4.34. The summed E-state index contributed by atoms with van der Waals surface area (Å²) in [6.07, 6.45) is -0.0643. The quantitative estimate of drug-likeness (QED) is 0.482. The van der Waals surface area contributed by atoms with Crippen molar-refractivity contribution in [2.45, 2.75) is 11.5 Å². The maximum Gasteiger partial charge on any atom is 0.387 e. The second-order valence-electron chi connectivity index (χ2n) is 3.16. The molecule has 0 aromatic heterocycles. The number of nitro groups is 1. The molecule has 0 atom stereocenters. The molecule has 0 bridgehead atoms. The van der Waals surface area contributed by atoms with E-state index in [-0.39, 0.29) is 6.29 Å². The molecule has 0 fully saturated rings. The molecule has 1 aromatic carbocycles. The number of nitrogens with two attached hydrogens (primary N) is 1. The van der Waals surface area contributed by atoms with Crippen LogP contribution in [0.1, 0.15) is 10.4 Å². The van der Waals surface area contributed by atoms with Gasteiger partial charge in [0.2, 0.25) is 15.8 Å². The van der Waals surface area contributed by atoms with E-state index in [1.165, 1.54) is 0 Å². The Morgan fingerprint density at radius 2 is 2.00 bits per heavy atom. The fourth-order valence-electron chi connectivity index (χ4n) is 1.24. The number of rotatable bonds is 5. The molecular weight excluding hydrogens is 290 g/mol. The molecule has 0 saturated carbocycles. The lowest BCUT2D eigenvalue weighted by molar-refractivity contribution is -0.386. The number of primary sulfonamides is 1. The Bertz CT molecular complexity index is 630. The van der Waals surface area contributed by atoms with Gasteiger partial charge in [-0.1, -0.05) is 0 Å². The molecule has 19 heavy (non-hydrogen) atoms. The molecule has 0 amide bonds. The molecule has 0 aliphatic rings. The molecule has 0 spiro atoms. The van der Waals surface area contributed by atoms with Crippen LogP contribution in [0.5, 0.6) is 5.75 Å². The summed E-state index contributed by atoms with van der Waals surface area (Å²) in [4.78, 5) is 19.5. The molecule has 0 saturated heterocycles. The number of nitro benzene ring substituents is 1. The Labute approximate surface area is 105 Å². The summed E-state index contributed by atoms with van der Waals surface area (Å²) in [5.74, 6) is -1.06. The zero-order valence-electron chi connectivity index (χ0n) is 8.95. The van der Waals surface area contributed by atoms with E-state index in [1.54, 1.807) is 0 Å². The summed E-state index contributed by atoms with van der Waals surface area (Å²) >= 11 is 0. The number of hydrogen-bond acceptors (Lipinski definition) is 6. The molecule has 0 aliphatic carbocycles. The first-order valence-corrected chi connectivity index (χ1v) is 5.96. The van der Waals surface area contributed by atoms with Crippen molar-refractivity contribution in [3.63, 3.8) is 0 Å². The van der Waals surface area contributed by atoms with Gasteiger partial charge < -0.3 is 4.74 Å². The molecule has 0 radical (unpaired) electrons. The van der Waals surface area contributed by atoms with Crippen LogP contribution in [0.2, 0.25) is 0 Å². The van der Waals surface area contributed by atoms with Crippen molar-refractivity contribution >= 4 is 22.0 Å². The van der Waals surface area contributed by atoms with Crippen molar-refractivity contribution in [1.82, 2.24) is 0 Å². The molecule has 0 heterocycles. The van der Waals surface area contributed by atoms with E-state index in [9.17, 15) is 32.1 Å². The van der Waals surface area contributed by atoms with Crippen molar-refractivity contribution < 1.29 is 31.7 Å². The Morgan fingerprint density at radius 3 is 2.37 bits per heavy atom. The van der Waals surface area contributed by atoms with Crippen molar-refractivity contribution in [1.29, 1.82) is 0 Å². The summed E-state index contributed by atoms with van der Waals surface area (Å²) < 4.78 is 50.2. The molecule has 1 rings (SSSR count). The molecule has 11 heteroatoms. The second kappa shape index (κ2) is 5.24. The van der Waals surface area contributed by atoms with E-state index < -0.39 is 43.5 Å². The van der Waals surface area contributed by atoms with Crippen LogP contribution < -0.4 is 9.88 Å². The van der Waals surface area contributed by atoms with E-state index >= 15 is 0 Å². The SMILES string of the molecule is NS(=O)(=O)c1cc(C=O)c([N+](=O)[O-])c(OC(F)F)c1. The first-order chi connectivity index (χ1) is 8.66. The van der Waals surface area contributed by atoms with E-state index in [1.807, 2.05) is 0 Å². The van der Waals surface area contributed by atoms with Gasteiger partial charge in [-0.25, -0.2) is 13.6 Å². The minimum absolute atomic E-state index is 0.0643. The number of sulfonamides is 1. The van der Waals surface area contributed by atoms with Crippen LogP contribution in [0, 0.1) is 10.1 Å². The molecule has 0 unspecified atom stereocenters. The van der Waals surface area contributed by atoms with Gasteiger partial charge in [-0.15, -0.1) is 0 Å². The van der Waals surface area contributed by atoms with Crippen LogP contribution in [0.3, 0.4) is 0 Å². The summed E-state index contributed by atoms with van der Waals surface area (Å²) in [6, 6.07) is 1.05. The Hall–Kier alpha value is -2.14. The first-order valence-electron chi connectivity index (χ1n) is 4.42. The molecular formula is C8H6F2N2O6S. The van der Waals surface area contributed by atoms with Crippen LogP contribution in [0.25, 0.3) is 0 Å². The highest BCUT2D eigenvalue weighted by Gasteiger charge is 2.27. The van der Waals surface area contributed by atoms with Gasteiger partial charge in [0, 0.05) is 6.07 Å². The highest BCUT2D eigenvalue weighted by atomic mass is 32.2. The molecule has 1 aromatic rings. The second-order valence-corrected chi connectivity index (χ2v) is 4.72. The Morgan fingerprint density at radius 1 is 1.42 bits per heavy atom. The fourth-order valence-corrected chi connectivity index (χ4v) is 1.80. The summed E-state index contributed by atoms with van der Waals surface area (Å²) in [5.41, 5.74) is -1.81. The summed E-state index contributed by atoms with van der Waals surface area (Å²) in [6.45, 7) is -3.44. The number of alkyl halides is 2. The average Bonchev–Trinajstić information content (AvgIpc) is 2.25. The number of aldehydes is 1. The lowest BCUT2D eigenvalue weighted by atomic mass is 10.2. The van der Waals surface area contributed by atoms with Crippen molar-refractivity contribution in [2.24, 2.45) is 5.14 Å². The molecule has 104 valence electrons. The number of carbonyl (C=O) groups is 1. The standard InChI is InChI=1S/C8H6F2N2O6S/c9-8(10)18-6-2-5(19(11,16)17)1-4(3-13)7(6)12(14)15/h1-3,8H,(H2,11,16,17). The number of nitrogens with zero attached hydrogens (tertiary/aromatic N) is 1. The third-order valence-electron chi connectivity index (χ3n) is 1.93. The Balaban J connectivity index is 3.63. The van der Waals surface area contributed by atoms with Crippen molar-refractivity contribution in [3.8, 4) is 5.75 Å². The maximum atomic E-state index is 12.1. The predicted molar refractivity (Wildman–Crippen MR) is 56.5 cm³/mol. The van der Waals surface area contributed by atoms with E-state index in [0.717, 1.165) is 0 Å². The normalized spacial score (nSPS) is 11.4. The highest BCUT2D eigenvalue weighted by Crippen LogP contribution is 2.34. The van der Waals surface area contributed by atoms with E-state index in [4.69, 9.17) is 5.14 Å². The van der Waals surface area contributed by atoms with Gasteiger partial charge in [-0.05, 0) is 6.07 Å². The zero-order valence-corrected chi connectivity index (χ0v) is 9.76. The van der Waals surface area contributed by atoms with Gasteiger partial charge in [0.1, 0.15) is 0 Å². The molecule has 0 aliphatic heterocycles. The summed E-state index contributed by atoms with van der Waals surface area (Å²) in [5, 5.41) is 15.4. The lowest BCUT2D eigenvalue weighted by Crippen LogP contribution is -2.14. The Kier molecular flexibility index (Phi) is 4.11. The molecule has 2 N–H and O–H groups in total. The number of hydrogen-bond donors (Lipinski definition) is 1. The van der Waals surface area contributed by atoms with Gasteiger partial charge in [0.15, 0.2) is 6.29 Å². The average molecular weight is 296 g/mol. The number of carbonyl (C=O) groups excluding carboxylic acids is 1. The van der Waals surface area contributed by atoms with Crippen molar-refractivity contribution in [3.05, 3.63) is 27.8 Å². The molecule has 8 nitrogen and oxygen atoms in total.